The third-order valence-electron chi connectivity index (χ3n) is 3.37. The van der Waals surface area contributed by atoms with Gasteiger partial charge in [0.2, 0.25) is 0 Å². The molecule has 0 saturated carbocycles. The molecule has 4 nitrogen and oxygen atoms in total. The van der Waals surface area contributed by atoms with Gasteiger partial charge in [0.1, 0.15) is 17.3 Å². The van der Waals surface area contributed by atoms with Gasteiger partial charge in [0.15, 0.2) is 0 Å². The summed E-state index contributed by atoms with van der Waals surface area (Å²) in [5.41, 5.74) is 0.917. The number of hydrogen-bond donors (Lipinski definition) is 1. The number of carbonyl (C=O) groups is 1. The van der Waals surface area contributed by atoms with Crippen LogP contribution >= 0.6 is 0 Å². The molecule has 0 saturated heterocycles. The number of aromatic carboxylic acids is 1. The van der Waals surface area contributed by atoms with Crippen LogP contribution in [0.3, 0.4) is 0 Å². The van der Waals surface area contributed by atoms with Crippen molar-refractivity contribution in [1.82, 2.24) is 0 Å². The van der Waals surface area contributed by atoms with Crippen LogP contribution < -0.4 is 9.47 Å². The summed E-state index contributed by atoms with van der Waals surface area (Å²) in [5.74, 6) is -0.729. The van der Waals surface area contributed by atoms with Crippen LogP contribution in [0.2, 0.25) is 0 Å². The Morgan fingerprint density at radius 3 is 2.95 bits per heavy atom. The van der Waals surface area contributed by atoms with Crippen molar-refractivity contribution in [1.29, 1.82) is 0 Å². The van der Waals surface area contributed by atoms with E-state index in [1.54, 1.807) is 0 Å². The highest BCUT2D eigenvalue weighted by molar-refractivity contribution is 5.88. The average Bonchev–Trinajstić information content (AvgIpc) is 2.88. The highest BCUT2D eigenvalue weighted by atomic mass is 19.1. The topological polar surface area (TPSA) is 55.8 Å². The Hall–Kier alpha value is -2.56. The second kappa shape index (κ2) is 5.44. The third kappa shape index (κ3) is 2.81. The lowest BCUT2D eigenvalue weighted by molar-refractivity contribution is 0.0695. The van der Waals surface area contributed by atoms with Crippen LogP contribution in [0, 0.1) is 5.82 Å². The fraction of sp³-hybridized carbons (Fsp3) is 0.188. The Labute approximate surface area is 120 Å². The van der Waals surface area contributed by atoms with Gasteiger partial charge >= 0.3 is 5.97 Å². The smallest absolute Gasteiger partial charge is 0.335 e. The average molecular weight is 288 g/mol. The molecule has 0 radical (unpaired) electrons. The minimum atomic E-state index is -1.19. The van der Waals surface area contributed by atoms with Crippen molar-refractivity contribution in [2.45, 2.75) is 5.92 Å². The number of carboxylic acid groups (broad SMARTS) is 1. The van der Waals surface area contributed by atoms with Crippen LogP contribution in [-0.4, -0.2) is 24.3 Å². The summed E-state index contributed by atoms with van der Waals surface area (Å²) in [7, 11) is 0. The predicted molar refractivity (Wildman–Crippen MR) is 73.5 cm³/mol. The first kappa shape index (κ1) is 13.4. The van der Waals surface area contributed by atoms with Crippen LogP contribution in [0.25, 0.3) is 0 Å². The van der Waals surface area contributed by atoms with Gasteiger partial charge in [0, 0.05) is 11.6 Å². The lowest BCUT2D eigenvalue weighted by Crippen LogP contribution is -2.12. The summed E-state index contributed by atoms with van der Waals surface area (Å²) in [6.07, 6.45) is 0. The number of ether oxygens (including phenoxy) is 2. The molecule has 108 valence electrons. The molecule has 1 unspecified atom stereocenters. The van der Waals surface area contributed by atoms with Crippen molar-refractivity contribution < 1.29 is 23.8 Å². The van der Waals surface area contributed by atoms with Crippen molar-refractivity contribution in [2.24, 2.45) is 0 Å². The lowest BCUT2D eigenvalue weighted by Gasteiger charge is -2.12. The van der Waals surface area contributed by atoms with E-state index in [-0.39, 0.29) is 17.2 Å². The maximum Gasteiger partial charge on any atom is 0.335 e. The van der Waals surface area contributed by atoms with Crippen LogP contribution in [0.5, 0.6) is 11.5 Å². The molecule has 21 heavy (non-hydrogen) atoms. The second-order valence-electron chi connectivity index (χ2n) is 4.84. The molecule has 1 aliphatic heterocycles. The number of hydrogen-bond acceptors (Lipinski definition) is 3. The Balaban J connectivity index is 1.73. The molecular formula is C16H13FO4. The molecule has 3 rings (SSSR count). The number of para-hydroxylation sites is 1. The monoisotopic (exact) mass is 288 g/mol. The van der Waals surface area contributed by atoms with Crippen molar-refractivity contribution in [2.75, 3.05) is 13.2 Å². The Bertz CT molecular complexity index is 684. The molecule has 0 fully saturated rings. The number of rotatable bonds is 4. The molecule has 1 aliphatic rings. The molecule has 1 N–H and O–H groups in total. The van der Waals surface area contributed by atoms with E-state index >= 15 is 0 Å². The molecule has 5 heteroatoms. The Kier molecular flexibility index (Phi) is 3.48. The van der Waals surface area contributed by atoms with Crippen LogP contribution in [-0.2, 0) is 0 Å². The van der Waals surface area contributed by atoms with Gasteiger partial charge in [0.05, 0.1) is 24.7 Å². The van der Waals surface area contributed by atoms with Gasteiger partial charge in [-0.05, 0) is 18.2 Å². The summed E-state index contributed by atoms with van der Waals surface area (Å²) in [4.78, 5) is 10.9. The number of halogens is 1. The molecular weight excluding hydrogens is 275 g/mol. The maximum absolute atomic E-state index is 13.4. The molecule has 1 atom stereocenters. The van der Waals surface area contributed by atoms with Crippen molar-refractivity contribution in [3.05, 3.63) is 59.4 Å². The number of benzene rings is 2. The number of carboxylic acids is 1. The zero-order chi connectivity index (χ0) is 14.8. The largest absolute Gasteiger partial charge is 0.493 e. The summed E-state index contributed by atoms with van der Waals surface area (Å²) in [6.45, 7) is 0.806. The fourth-order valence-electron chi connectivity index (χ4n) is 2.33. The van der Waals surface area contributed by atoms with Crippen molar-refractivity contribution >= 4 is 5.97 Å². The van der Waals surface area contributed by atoms with E-state index < -0.39 is 11.8 Å². The third-order valence-corrected chi connectivity index (χ3v) is 3.37. The molecule has 0 bridgehead atoms. The van der Waals surface area contributed by atoms with Crippen LogP contribution in [0.15, 0.2) is 42.5 Å². The Morgan fingerprint density at radius 2 is 2.14 bits per heavy atom. The van der Waals surface area contributed by atoms with Gasteiger partial charge in [0.25, 0.3) is 0 Å². The summed E-state index contributed by atoms with van der Waals surface area (Å²) in [5, 5.41) is 8.90. The quantitative estimate of drug-likeness (QED) is 0.939. The fourth-order valence-corrected chi connectivity index (χ4v) is 2.33. The number of fused-ring (bicyclic) bond motifs is 1. The SMILES string of the molecule is O=C(O)c1cc(F)cc(OCC2COc3ccccc32)c1. The van der Waals surface area contributed by atoms with Gasteiger partial charge in [-0.25, -0.2) is 9.18 Å². The van der Waals surface area contributed by atoms with Crippen molar-refractivity contribution in [3.63, 3.8) is 0 Å². The van der Waals surface area contributed by atoms with E-state index in [1.807, 2.05) is 24.3 Å². The highest BCUT2D eigenvalue weighted by Gasteiger charge is 2.24. The van der Waals surface area contributed by atoms with E-state index in [0.29, 0.717) is 13.2 Å². The van der Waals surface area contributed by atoms with Gasteiger partial charge in [-0.2, -0.15) is 0 Å². The van der Waals surface area contributed by atoms with Crippen LogP contribution in [0.1, 0.15) is 21.8 Å². The summed E-state index contributed by atoms with van der Waals surface area (Å²) >= 11 is 0. The highest BCUT2D eigenvalue weighted by Crippen LogP contribution is 2.33. The van der Waals surface area contributed by atoms with E-state index in [9.17, 15) is 9.18 Å². The first-order chi connectivity index (χ1) is 10.1. The van der Waals surface area contributed by atoms with E-state index in [0.717, 1.165) is 17.4 Å². The minimum Gasteiger partial charge on any atom is -0.493 e. The van der Waals surface area contributed by atoms with Gasteiger partial charge in [-0.15, -0.1) is 0 Å². The summed E-state index contributed by atoms with van der Waals surface area (Å²) in [6, 6.07) is 11.1. The predicted octanol–water partition coefficient (Wildman–Crippen LogP) is 3.08. The Morgan fingerprint density at radius 1 is 1.33 bits per heavy atom. The molecule has 0 spiro atoms. The molecule has 1 heterocycles. The molecule has 0 aliphatic carbocycles. The molecule has 2 aromatic rings. The van der Waals surface area contributed by atoms with E-state index in [2.05, 4.69) is 0 Å². The van der Waals surface area contributed by atoms with Crippen molar-refractivity contribution in [3.8, 4) is 11.5 Å². The van der Waals surface area contributed by atoms with Crippen LogP contribution in [0.4, 0.5) is 4.39 Å². The van der Waals surface area contributed by atoms with Gasteiger partial charge in [-0.1, -0.05) is 18.2 Å². The minimum absolute atomic E-state index is 0.0535. The van der Waals surface area contributed by atoms with E-state index in [4.69, 9.17) is 14.6 Å². The molecule has 2 aromatic carbocycles. The van der Waals surface area contributed by atoms with E-state index in [1.165, 1.54) is 12.1 Å². The lowest BCUT2D eigenvalue weighted by atomic mass is 10.0. The molecule has 0 amide bonds. The van der Waals surface area contributed by atoms with Gasteiger partial charge < -0.3 is 14.6 Å². The zero-order valence-electron chi connectivity index (χ0n) is 11.1. The second-order valence-corrected chi connectivity index (χ2v) is 4.84. The first-order valence-electron chi connectivity index (χ1n) is 6.52. The maximum atomic E-state index is 13.4. The normalized spacial score (nSPS) is 16.1. The zero-order valence-corrected chi connectivity index (χ0v) is 11.1. The summed E-state index contributed by atoms with van der Waals surface area (Å²) < 4.78 is 24.4. The standard InChI is InChI=1S/C16H13FO4/c17-12-5-10(16(18)19)6-13(7-12)20-8-11-9-21-15-4-2-1-3-14(11)15/h1-7,11H,8-9H2,(H,18,19). The van der Waals surface area contributed by atoms with Gasteiger partial charge in [-0.3, -0.25) is 0 Å². The molecule has 0 aromatic heterocycles. The first-order valence-corrected chi connectivity index (χ1v) is 6.52.